The second-order valence-corrected chi connectivity index (χ2v) is 5.12. The molecule has 0 aromatic carbocycles. The van der Waals surface area contributed by atoms with Crippen molar-refractivity contribution < 1.29 is 5.11 Å². The largest absolute Gasteiger partial charge is 0.385 e. The van der Waals surface area contributed by atoms with E-state index in [1.807, 2.05) is 19.2 Å². The van der Waals surface area contributed by atoms with E-state index in [1.54, 1.807) is 6.07 Å². The molecule has 1 saturated heterocycles. The monoisotopic (exact) mass is 269 g/mol. The van der Waals surface area contributed by atoms with Gasteiger partial charge in [-0.25, -0.2) is 4.98 Å². The van der Waals surface area contributed by atoms with E-state index >= 15 is 0 Å². The highest BCUT2D eigenvalue weighted by Crippen LogP contribution is 2.19. The molecule has 18 heavy (non-hydrogen) atoms. The van der Waals surface area contributed by atoms with Crippen molar-refractivity contribution in [1.29, 1.82) is 0 Å². The first-order chi connectivity index (χ1) is 8.70. The molecule has 1 aliphatic heterocycles. The zero-order valence-corrected chi connectivity index (χ0v) is 11.4. The second-order valence-electron chi connectivity index (χ2n) is 4.73. The van der Waals surface area contributed by atoms with Crippen LogP contribution < -0.4 is 5.32 Å². The Balaban J connectivity index is 2.02. The molecule has 1 fully saturated rings. The fourth-order valence-corrected chi connectivity index (χ4v) is 2.56. The predicted octanol–water partition coefficient (Wildman–Crippen LogP) is 1.45. The first-order valence-corrected chi connectivity index (χ1v) is 6.78. The molecule has 1 aromatic rings. The minimum Gasteiger partial charge on any atom is -0.385 e. The summed E-state index contributed by atoms with van der Waals surface area (Å²) >= 11 is 5.85. The fraction of sp³-hybridized carbons (Fsp3) is 0.615. The van der Waals surface area contributed by atoms with E-state index in [1.165, 1.54) is 12.8 Å². The number of pyridine rings is 1. The quantitative estimate of drug-likeness (QED) is 0.795. The van der Waals surface area contributed by atoms with Gasteiger partial charge in [0, 0.05) is 6.54 Å². The molecule has 4 nitrogen and oxygen atoms in total. The van der Waals surface area contributed by atoms with Gasteiger partial charge in [0.15, 0.2) is 0 Å². The highest BCUT2D eigenvalue weighted by Gasteiger charge is 2.24. The maximum absolute atomic E-state index is 10.4. The summed E-state index contributed by atoms with van der Waals surface area (Å²) in [5, 5.41) is 13.9. The Morgan fingerprint density at radius 3 is 2.78 bits per heavy atom. The van der Waals surface area contributed by atoms with E-state index in [-0.39, 0.29) is 6.04 Å². The first-order valence-electron chi connectivity index (χ1n) is 6.41. The number of hydrogen-bond acceptors (Lipinski definition) is 4. The minimum atomic E-state index is -0.630. The van der Waals surface area contributed by atoms with Crippen LogP contribution in [0.1, 0.15) is 24.6 Å². The van der Waals surface area contributed by atoms with Crippen LogP contribution in [0.5, 0.6) is 0 Å². The van der Waals surface area contributed by atoms with Crippen LogP contribution in [0, 0.1) is 0 Å². The highest BCUT2D eigenvalue weighted by atomic mass is 35.5. The molecule has 2 rings (SSSR count). The van der Waals surface area contributed by atoms with Crippen LogP contribution in [-0.4, -0.2) is 47.7 Å². The Labute approximate surface area is 113 Å². The Bertz CT molecular complexity index is 382. The van der Waals surface area contributed by atoms with E-state index in [0.717, 1.165) is 19.6 Å². The van der Waals surface area contributed by atoms with Crippen LogP contribution in [0.4, 0.5) is 0 Å². The number of aromatic nitrogens is 1. The van der Waals surface area contributed by atoms with Crippen molar-refractivity contribution in [2.75, 3.05) is 26.7 Å². The fourth-order valence-electron chi connectivity index (χ4n) is 2.39. The molecule has 0 saturated carbocycles. The number of nitrogens with zero attached hydrogens (tertiary/aromatic N) is 2. The molecule has 100 valence electrons. The third-order valence-corrected chi connectivity index (χ3v) is 3.66. The van der Waals surface area contributed by atoms with Gasteiger partial charge in [0.25, 0.3) is 0 Å². The Morgan fingerprint density at radius 1 is 1.44 bits per heavy atom. The second kappa shape index (κ2) is 6.48. The molecule has 0 spiro atoms. The van der Waals surface area contributed by atoms with Gasteiger partial charge in [-0.3, -0.25) is 0 Å². The smallest absolute Gasteiger partial charge is 0.129 e. The standard InChI is InChI=1S/C13H20ClN3O/c1-15-11(9-17-7-2-3-8-17)13(18)10-5-4-6-12(14)16-10/h4-6,11,13,15,18H,2-3,7-9H2,1H3. The molecule has 2 N–H and O–H groups in total. The maximum atomic E-state index is 10.4. The molecule has 1 aliphatic rings. The van der Waals surface area contributed by atoms with Crippen LogP contribution in [0.25, 0.3) is 0 Å². The normalized spacial score (nSPS) is 19.9. The molecule has 2 heterocycles. The Kier molecular flexibility index (Phi) is 4.95. The van der Waals surface area contributed by atoms with Crippen molar-refractivity contribution in [3.8, 4) is 0 Å². The van der Waals surface area contributed by atoms with E-state index in [9.17, 15) is 5.11 Å². The number of rotatable bonds is 5. The molecule has 0 aliphatic carbocycles. The van der Waals surface area contributed by atoms with E-state index in [4.69, 9.17) is 11.6 Å². The van der Waals surface area contributed by atoms with Gasteiger partial charge in [-0.05, 0) is 45.1 Å². The minimum absolute atomic E-state index is 0.0194. The zero-order valence-electron chi connectivity index (χ0n) is 10.6. The summed E-state index contributed by atoms with van der Waals surface area (Å²) in [5.74, 6) is 0. The third-order valence-electron chi connectivity index (χ3n) is 3.45. The van der Waals surface area contributed by atoms with Crippen molar-refractivity contribution in [2.24, 2.45) is 0 Å². The van der Waals surface area contributed by atoms with Gasteiger partial charge in [0.2, 0.25) is 0 Å². The Hall–Kier alpha value is -0.680. The van der Waals surface area contributed by atoms with Gasteiger partial charge in [-0.1, -0.05) is 17.7 Å². The van der Waals surface area contributed by atoms with Crippen molar-refractivity contribution >= 4 is 11.6 Å². The van der Waals surface area contributed by atoms with Crippen LogP contribution in [0.3, 0.4) is 0 Å². The number of likely N-dealkylation sites (N-methyl/N-ethyl adjacent to an activating group) is 1. The van der Waals surface area contributed by atoms with Crippen molar-refractivity contribution in [3.63, 3.8) is 0 Å². The van der Waals surface area contributed by atoms with E-state index in [0.29, 0.717) is 10.8 Å². The molecule has 0 radical (unpaired) electrons. The maximum Gasteiger partial charge on any atom is 0.129 e. The topological polar surface area (TPSA) is 48.4 Å². The van der Waals surface area contributed by atoms with Crippen molar-refractivity contribution in [2.45, 2.75) is 25.0 Å². The molecule has 2 unspecified atom stereocenters. The lowest BCUT2D eigenvalue weighted by molar-refractivity contribution is 0.107. The third kappa shape index (κ3) is 3.42. The average molecular weight is 270 g/mol. The first kappa shape index (κ1) is 13.7. The number of halogens is 1. The molecule has 0 bridgehead atoms. The molecule has 2 atom stereocenters. The van der Waals surface area contributed by atoms with Gasteiger partial charge in [0.05, 0.1) is 11.7 Å². The average Bonchev–Trinajstić information content (AvgIpc) is 2.88. The summed E-state index contributed by atoms with van der Waals surface area (Å²) in [7, 11) is 1.87. The van der Waals surface area contributed by atoms with Crippen LogP contribution in [0.15, 0.2) is 18.2 Å². The SMILES string of the molecule is CNC(CN1CCCC1)C(O)c1cccc(Cl)n1. The lowest BCUT2D eigenvalue weighted by Gasteiger charge is -2.27. The summed E-state index contributed by atoms with van der Waals surface area (Å²) in [6.07, 6.45) is 1.87. The number of aliphatic hydroxyl groups is 1. The lowest BCUT2D eigenvalue weighted by atomic mass is 10.1. The number of aliphatic hydroxyl groups excluding tert-OH is 1. The molecular weight excluding hydrogens is 250 g/mol. The number of nitrogens with one attached hydrogen (secondary N) is 1. The molecular formula is C13H20ClN3O. The van der Waals surface area contributed by atoms with E-state index < -0.39 is 6.10 Å². The zero-order chi connectivity index (χ0) is 13.0. The summed E-state index contributed by atoms with van der Waals surface area (Å²) in [6.45, 7) is 3.08. The predicted molar refractivity (Wildman–Crippen MR) is 72.7 cm³/mol. The Morgan fingerprint density at radius 2 is 2.17 bits per heavy atom. The molecule has 0 amide bonds. The summed E-state index contributed by atoms with van der Waals surface area (Å²) in [6, 6.07) is 5.32. The van der Waals surface area contributed by atoms with Gasteiger partial charge in [-0.15, -0.1) is 0 Å². The van der Waals surface area contributed by atoms with Crippen LogP contribution in [0.2, 0.25) is 5.15 Å². The van der Waals surface area contributed by atoms with Gasteiger partial charge in [-0.2, -0.15) is 0 Å². The van der Waals surface area contributed by atoms with E-state index in [2.05, 4.69) is 15.2 Å². The van der Waals surface area contributed by atoms with Crippen molar-refractivity contribution in [1.82, 2.24) is 15.2 Å². The molecule has 5 heteroatoms. The van der Waals surface area contributed by atoms with Crippen LogP contribution in [-0.2, 0) is 0 Å². The summed E-state index contributed by atoms with van der Waals surface area (Å²) in [4.78, 5) is 6.54. The van der Waals surface area contributed by atoms with Crippen LogP contribution >= 0.6 is 11.6 Å². The van der Waals surface area contributed by atoms with Gasteiger partial charge >= 0.3 is 0 Å². The summed E-state index contributed by atoms with van der Waals surface area (Å²) < 4.78 is 0. The van der Waals surface area contributed by atoms with Gasteiger partial charge in [0.1, 0.15) is 11.3 Å². The highest BCUT2D eigenvalue weighted by molar-refractivity contribution is 6.29. The van der Waals surface area contributed by atoms with Gasteiger partial charge < -0.3 is 15.3 Å². The molecule has 1 aromatic heterocycles. The number of likely N-dealkylation sites (tertiary alicyclic amines) is 1. The van der Waals surface area contributed by atoms with Crippen molar-refractivity contribution in [3.05, 3.63) is 29.0 Å². The summed E-state index contributed by atoms with van der Waals surface area (Å²) in [5.41, 5.74) is 0.626. The lowest BCUT2D eigenvalue weighted by Crippen LogP contribution is -2.42. The number of hydrogen-bond donors (Lipinski definition) is 2.